The minimum Gasteiger partial charge on any atom is -0.477 e. The van der Waals surface area contributed by atoms with Crippen LogP contribution in [-0.4, -0.2) is 50.3 Å². The number of anilines is 2. The second-order valence-electron chi connectivity index (χ2n) is 6.72. The van der Waals surface area contributed by atoms with Crippen LogP contribution in [0.3, 0.4) is 0 Å². The molecule has 1 saturated heterocycles. The van der Waals surface area contributed by atoms with Crippen LogP contribution in [0.15, 0.2) is 42.5 Å². The van der Waals surface area contributed by atoms with Crippen molar-refractivity contribution >= 4 is 28.6 Å². The van der Waals surface area contributed by atoms with Crippen LogP contribution < -0.4 is 10.6 Å². The van der Waals surface area contributed by atoms with Crippen molar-refractivity contribution < 1.29 is 15.0 Å². The Morgan fingerprint density at radius 3 is 2.78 bits per heavy atom. The van der Waals surface area contributed by atoms with E-state index in [4.69, 9.17) is 10.8 Å². The fraction of sp³-hybridized carbons (Fsp3) is 0.263. The van der Waals surface area contributed by atoms with E-state index in [1.807, 2.05) is 36.4 Å². The molecule has 3 aromatic rings. The number of nitrogens with two attached hydrogens (primary N) is 1. The van der Waals surface area contributed by atoms with Crippen molar-refractivity contribution in [1.82, 2.24) is 15.0 Å². The summed E-state index contributed by atoms with van der Waals surface area (Å²) >= 11 is 0. The van der Waals surface area contributed by atoms with E-state index in [9.17, 15) is 9.90 Å². The molecule has 2 aromatic heterocycles. The van der Waals surface area contributed by atoms with Crippen LogP contribution >= 0.6 is 0 Å². The highest BCUT2D eigenvalue weighted by Crippen LogP contribution is 2.25. The number of pyridine rings is 1. The van der Waals surface area contributed by atoms with Crippen LogP contribution in [-0.2, 0) is 6.42 Å². The normalized spacial score (nSPS) is 19.5. The number of carbonyl (C=O) groups is 1. The molecule has 4 rings (SSSR count). The van der Waals surface area contributed by atoms with Crippen molar-refractivity contribution in [3.63, 3.8) is 0 Å². The van der Waals surface area contributed by atoms with E-state index < -0.39 is 12.1 Å². The molecule has 0 saturated carbocycles. The van der Waals surface area contributed by atoms with Gasteiger partial charge in [0.25, 0.3) is 0 Å². The first-order valence-electron chi connectivity index (χ1n) is 8.65. The fourth-order valence-corrected chi connectivity index (χ4v) is 3.41. The Labute approximate surface area is 155 Å². The lowest BCUT2D eigenvalue weighted by molar-refractivity contribution is 0.0690. The van der Waals surface area contributed by atoms with Gasteiger partial charge < -0.3 is 20.8 Å². The summed E-state index contributed by atoms with van der Waals surface area (Å²) in [6.07, 6.45) is 0.0212. The third-order valence-electron chi connectivity index (χ3n) is 4.77. The molecule has 0 bridgehead atoms. The number of fused-ring (bicyclic) bond motifs is 1. The van der Waals surface area contributed by atoms with Gasteiger partial charge in [0.15, 0.2) is 5.69 Å². The molecule has 0 aliphatic carbocycles. The number of carboxylic acid groups (broad SMARTS) is 1. The Bertz CT molecular complexity index is 1010. The zero-order valence-corrected chi connectivity index (χ0v) is 14.5. The van der Waals surface area contributed by atoms with Gasteiger partial charge in [-0.2, -0.15) is 4.98 Å². The van der Waals surface area contributed by atoms with Crippen molar-refractivity contribution in [3.05, 3.63) is 53.9 Å². The second kappa shape index (κ2) is 6.81. The summed E-state index contributed by atoms with van der Waals surface area (Å²) in [7, 11) is 0. The van der Waals surface area contributed by atoms with Crippen LogP contribution in [0.2, 0.25) is 0 Å². The first-order valence-corrected chi connectivity index (χ1v) is 8.65. The Morgan fingerprint density at radius 2 is 1.96 bits per heavy atom. The summed E-state index contributed by atoms with van der Waals surface area (Å²) in [5.41, 5.74) is 7.36. The first kappa shape index (κ1) is 17.2. The molecule has 4 N–H and O–H groups in total. The molecular formula is C19H19N5O3. The number of nitrogens with zero attached hydrogens (tertiary/aromatic N) is 4. The molecule has 1 aliphatic heterocycles. The maximum Gasteiger partial charge on any atom is 0.354 e. The second-order valence-corrected chi connectivity index (χ2v) is 6.72. The van der Waals surface area contributed by atoms with E-state index in [0.717, 1.165) is 16.6 Å². The van der Waals surface area contributed by atoms with E-state index in [1.165, 1.54) is 6.07 Å². The minimum atomic E-state index is -1.16. The topological polar surface area (TPSA) is 125 Å². The summed E-state index contributed by atoms with van der Waals surface area (Å²) in [5, 5.41) is 20.7. The molecule has 27 heavy (non-hydrogen) atoms. The van der Waals surface area contributed by atoms with Gasteiger partial charge in [0.2, 0.25) is 5.95 Å². The number of β-amino-alcohol motifs (C(OH)–C–C–N with tert-alkyl or cyclic N) is 1. The minimum absolute atomic E-state index is 0.0584. The molecule has 0 radical (unpaired) electrons. The van der Waals surface area contributed by atoms with Crippen LogP contribution in [0.4, 0.5) is 11.8 Å². The highest BCUT2D eigenvalue weighted by atomic mass is 16.4. The number of aliphatic hydroxyl groups is 1. The number of aromatic nitrogens is 3. The molecule has 0 spiro atoms. The smallest absolute Gasteiger partial charge is 0.354 e. The molecule has 1 fully saturated rings. The van der Waals surface area contributed by atoms with Crippen LogP contribution in [0.1, 0.15) is 16.2 Å². The maximum atomic E-state index is 11.2. The number of aromatic carboxylic acids is 1. The van der Waals surface area contributed by atoms with E-state index in [0.29, 0.717) is 19.5 Å². The lowest BCUT2D eigenvalue weighted by Gasteiger charge is -2.16. The summed E-state index contributed by atoms with van der Waals surface area (Å²) in [6, 6.07) is 13.1. The summed E-state index contributed by atoms with van der Waals surface area (Å²) < 4.78 is 0. The summed E-state index contributed by atoms with van der Waals surface area (Å²) in [5.74, 6) is -0.911. The Morgan fingerprint density at radius 1 is 1.15 bits per heavy atom. The first-order chi connectivity index (χ1) is 13.0. The third-order valence-corrected chi connectivity index (χ3v) is 4.77. The van der Waals surface area contributed by atoms with Crippen molar-refractivity contribution in [1.29, 1.82) is 0 Å². The fourth-order valence-electron chi connectivity index (χ4n) is 3.41. The lowest BCUT2D eigenvalue weighted by Crippen LogP contribution is -2.24. The van der Waals surface area contributed by atoms with Gasteiger partial charge in [-0.15, -0.1) is 0 Å². The zero-order chi connectivity index (χ0) is 19.0. The van der Waals surface area contributed by atoms with Gasteiger partial charge in [0, 0.05) is 36.2 Å². The number of benzene rings is 1. The van der Waals surface area contributed by atoms with E-state index in [2.05, 4.69) is 15.0 Å². The van der Waals surface area contributed by atoms with E-state index in [1.54, 1.807) is 4.90 Å². The van der Waals surface area contributed by atoms with Crippen LogP contribution in [0, 0.1) is 5.92 Å². The molecule has 3 heterocycles. The van der Waals surface area contributed by atoms with Gasteiger partial charge in [-0.3, -0.25) is 4.98 Å². The molecule has 0 unspecified atom stereocenters. The van der Waals surface area contributed by atoms with Gasteiger partial charge in [-0.25, -0.2) is 9.78 Å². The van der Waals surface area contributed by atoms with Gasteiger partial charge in [0.1, 0.15) is 5.82 Å². The van der Waals surface area contributed by atoms with Gasteiger partial charge in [0.05, 0.1) is 11.6 Å². The maximum absolute atomic E-state index is 11.2. The van der Waals surface area contributed by atoms with E-state index in [-0.39, 0.29) is 23.4 Å². The molecule has 8 heteroatoms. The number of hydrogen-bond acceptors (Lipinski definition) is 7. The Hall–Kier alpha value is -3.26. The van der Waals surface area contributed by atoms with Crippen molar-refractivity contribution in [2.45, 2.75) is 12.5 Å². The highest BCUT2D eigenvalue weighted by molar-refractivity contribution is 5.86. The standard InChI is InChI=1S/C19H19N5O3/c20-17-8-15(18(26)27)22-19(23-17)24-9-12(16(25)10-24)7-13-6-5-11-3-1-2-4-14(11)21-13/h1-6,8,12,16,25H,7,9-10H2,(H,26,27)(H2,20,22,23)/t12-,16-/m1/s1. The largest absolute Gasteiger partial charge is 0.477 e. The predicted octanol–water partition coefficient (Wildman–Crippen LogP) is 1.34. The number of hydrogen-bond donors (Lipinski definition) is 3. The third kappa shape index (κ3) is 3.52. The highest BCUT2D eigenvalue weighted by Gasteiger charge is 2.33. The molecule has 1 aliphatic rings. The molecule has 0 amide bonds. The van der Waals surface area contributed by atoms with Gasteiger partial charge >= 0.3 is 5.97 Å². The van der Waals surface area contributed by atoms with Gasteiger partial charge in [-0.05, 0) is 18.6 Å². The van der Waals surface area contributed by atoms with E-state index >= 15 is 0 Å². The summed E-state index contributed by atoms with van der Waals surface area (Å²) in [6.45, 7) is 0.818. The van der Waals surface area contributed by atoms with Crippen molar-refractivity contribution in [2.75, 3.05) is 23.7 Å². The lowest BCUT2D eigenvalue weighted by atomic mass is 9.99. The molecule has 2 atom stereocenters. The monoisotopic (exact) mass is 365 g/mol. The average Bonchev–Trinajstić information content (AvgIpc) is 3.01. The molecule has 8 nitrogen and oxygen atoms in total. The van der Waals surface area contributed by atoms with Crippen molar-refractivity contribution in [3.8, 4) is 0 Å². The van der Waals surface area contributed by atoms with Crippen LogP contribution in [0.25, 0.3) is 10.9 Å². The zero-order valence-electron chi connectivity index (χ0n) is 14.5. The number of rotatable bonds is 4. The number of aliphatic hydroxyl groups excluding tert-OH is 1. The Balaban J connectivity index is 1.53. The van der Waals surface area contributed by atoms with Crippen molar-refractivity contribution in [2.24, 2.45) is 5.92 Å². The number of carboxylic acids is 1. The number of para-hydroxylation sites is 1. The molecule has 1 aromatic carbocycles. The SMILES string of the molecule is Nc1cc(C(=O)O)nc(N2C[C@@H](Cc3ccc4ccccc4n3)[C@H](O)C2)n1. The molecular weight excluding hydrogens is 346 g/mol. The Kier molecular flexibility index (Phi) is 4.33. The predicted molar refractivity (Wildman–Crippen MR) is 101 cm³/mol. The molecule has 138 valence electrons. The van der Waals surface area contributed by atoms with Gasteiger partial charge in [-0.1, -0.05) is 24.3 Å². The summed E-state index contributed by atoms with van der Waals surface area (Å²) in [4.78, 5) is 25.8. The quantitative estimate of drug-likeness (QED) is 0.632. The number of nitrogen functional groups attached to an aromatic ring is 1. The average molecular weight is 365 g/mol. The van der Waals surface area contributed by atoms with Crippen LogP contribution in [0.5, 0.6) is 0 Å².